The molecule has 2 N–H and O–H groups in total. The molecule has 0 fully saturated rings. The van der Waals surface area contributed by atoms with Crippen LogP contribution in [0.3, 0.4) is 0 Å². The summed E-state index contributed by atoms with van der Waals surface area (Å²) in [5.74, 6) is 0.974. The Bertz CT molecular complexity index is 682. The molecular formula is C19H27N3O3. The lowest BCUT2D eigenvalue weighted by Crippen LogP contribution is -2.22. The summed E-state index contributed by atoms with van der Waals surface area (Å²) in [7, 11) is 1.63. The van der Waals surface area contributed by atoms with E-state index in [9.17, 15) is 4.79 Å². The van der Waals surface area contributed by atoms with E-state index in [4.69, 9.17) is 9.47 Å². The van der Waals surface area contributed by atoms with Crippen LogP contribution >= 0.6 is 0 Å². The molecule has 25 heavy (non-hydrogen) atoms. The molecule has 2 rings (SSSR count). The van der Waals surface area contributed by atoms with Crippen molar-refractivity contribution in [2.75, 3.05) is 13.7 Å². The molecule has 0 bridgehead atoms. The maximum Gasteiger partial charge on any atom is 0.220 e. The van der Waals surface area contributed by atoms with E-state index in [1.807, 2.05) is 26.0 Å². The predicted octanol–water partition coefficient (Wildman–Crippen LogP) is 2.90. The van der Waals surface area contributed by atoms with Gasteiger partial charge in [-0.3, -0.25) is 9.89 Å². The first-order valence-electron chi connectivity index (χ1n) is 8.63. The van der Waals surface area contributed by atoms with Crippen molar-refractivity contribution in [1.29, 1.82) is 0 Å². The third-order valence-electron chi connectivity index (χ3n) is 3.86. The maximum absolute atomic E-state index is 12.0. The van der Waals surface area contributed by atoms with Crippen LogP contribution in [0.1, 0.15) is 42.3 Å². The highest BCUT2D eigenvalue weighted by Crippen LogP contribution is 2.20. The van der Waals surface area contributed by atoms with Crippen LogP contribution in [-0.2, 0) is 29.1 Å². The Balaban J connectivity index is 1.70. The first-order chi connectivity index (χ1) is 12.1. The van der Waals surface area contributed by atoms with Crippen LogP contribution < -0.4 is 10.1 Å². The number of H-pyrrole nitrogens is 1. The van der Waals surface area contributed by atoms with Crippen molar-refractivity contribution in [2.45, 2.75) is 46.3 Å². The van der Waals surface area contributed by atoms with Crippen LogP contribution in [0, 0.1) is 6.92 Å². The molecule has 6 heteroatoms. The zero-order valence-corrected chi connectivity index (χ0v) is 15.2. The van der Waals surface area contributed by atoms with Gasteiger partial charge in [0.2, 0.25) is 5.91 Å². The fraction of sp³-hybridized carbons (Fsp3) is 0.474. The van der Waals surface area contributed by atoms with E-state index >= 15 is 0 Å². The number of aromatic amines is 1. The minimum absolute atomic E-state index is 0.0468. The number of hydrogen-bond donors (Lipinski definition) is 2. The largest absolute Gasteiger partial charge is 0.494 e. The second-order valence-electron chi connectivity index (χ2n) is 5.98. The number of carbonyl (C=O) groups is 1. The van der Waals surface area contributed by atoms with E-state index in [1.54, 1.807) is 7.11 Å². The molecule has 0 aliphatic rings. The monoisotopic (exact) mass is 345 g/mol. The molecule has 0 saturated carbocycles. The van der Waals surface area contributed by atoms with Gasteiger partial charge >= 0.3 is 0 Å². The second kappa shape index (κ2) is 9.84. The Labute approximate surface area is 148 Å². The van der Waals surface area contributed by atoms with Gasteiger partial charge < -0.3 is 14.8 Å². The number of carbonyl (C=O) groups excluding carboxylic acids is 1. The first kappa shape index (κ1) is 19.0. The van der Waals surface area contributed by atoms with Crippen LogP contribution in [0.5, 0.6) is 5.75 Å². The van der Waals surface area contributed by atoms with Gasteiger partial charge in [-0.25, -0.2) is 0 Å². The lowest BCUT2D eigenvalue weighted by Gasteiger charge is -2.09. The molecule has 0 saturated heterocycles. The fourth-order valence-electron chi connectivity index (χ4n) is 2.64. The summed E-state index contributed by atoms with van der Waals surface area (Å²) in [6, 6.07) is 8.10. The van der Waals surface area contributed by atoms with Crippen LogP contribution in [0.15, 0.2) is 24.3 Å². The molecule has 0 unspecified atom stereocenters. The number of ether oxygens (including phenoxy) is 2. The Morgan fingerprint density at radius 3 is 2.88 bits per heavy atom. The summed E-state index contributed by atoms with van der Waals surface area (Å²) in [5.41, 5.74) is 4.07. The quantitative estimate of drug-likeness (QED) is 0.694. The smallest absolute Gasteiger partial charge is 0.220 e. The highest BCUT2D eigenvalue weighted by molar-refractivity contribution is 5.75. The fourth-order valence-corrected chi connectivity index (χ4v) is 2.64. The van der Waals surface area contributed by atoms with Gasteiger partial charge in [-0.1, -0.05) is 12.1 Å². The Morgan fingerprint density at radius 2 is 2.16 bits per heavy atom. The zero-order valence-electron chi connectivity index (χ0n) is 15.2. The number of hydrogen-bond acceptors (Lipinski definition) is 4. The average Bonchev–Trinajstić information content (AvgIpc) is 3.03. The molecule has 1 aromatic heterocycles. The van der Waals surface area contributed by atoms with Crippen molar-refractivity contribution in [3.05, 3.63) is 46.8 Å². The third kappa shape index (κ3) is 6.23. The molecule has 0 aliphatic carbocycles. The summed E-state index contributed by atoms with van der Waals surface area (Å²) in [6.45, 7) is 5.62. The lowest BCUT2D eigenvalue weighted by atomic mass is 10.0. The minimum atomic E-state index is 0.0468. The van der Waals surface area contributed by atoms with Crippen molar-refractivity contribution in [2.24, 2.45) is 0 Å². The lowest BCUT2D eigenvalue weighted by molar-refractivity contribution is -0.121. The van der Waals surface area contributed by atoms with Crippen molar-refractivity contribution in [1.82, 2.24) is 15.5 Å². The highest BCUT2D eigenvalue weighted by Gasteiger charge is 2.06. The van der Waals surface area contributed by atoms with E-state index < -0.39 is 0 Å². The van der Waals surface area contributed by atoms with Gasteiger partial charge in [0.1, 0.15) is 5.75 Å². The standard InChI is InChI=1S/C19H27N3O3/c1-4-25-18-9-8-15(10-14(18)2)6-5-7-19(23)20-12-16-11-17(13-24-3)22-21-16/h8-11H,4-7,12-13H2,1-3H3,(H,20,23)(H,21,22). The number of aryl methyl sites for hydroxylation is 2. The van der Waals surface area contributed by atoms with Crippen molar-refractivity contribution < 1.29 is 14.3 Å². The van der Waals surface area contributed by atoms with Gasteiger partial charge in [-0.15, -0.1) is 0 Å². The average molecular weight is 345 g/mol. The summed E-state index contributed by atoms with van der Waals surface area (Å²) < 4.78 is 10.6. The molecule has 0 atom stereocenters. The molecule has 2 aromatic rings. The van der Waals surface area contributed by atoms with Crippen LogP contribution in [0.2, 0.25) is 0 Å². The number of methoxy groups -OCH3 is 1. The topological polar surface area (TPSA) is 76.2 Å². The van der Waals surface area contributed by atoms with Gasteiger partial charge in [0.05, 0.1) is 31.1 Å². The van der Waals surface area contributed by atoms with Gasteiger partial charge in [0.25, 0.3) is 0 Å². The van der Waals surface area contributed by atoms with E-state index in [-0.39, 0.29) is 5.91 Å². The highest BCUT2D eigenvalue weighted by atomic mass is 16.5. The molecule has 0 spiro atoms. The maximum atomic E-state index is 12.0. The summed E-state index contributed by atoms with van der Waals surface area (Å²) >= 11 is 0. The summed E-state index contributed by atoms with van der Waals surface area (Å²) in [4.78, 5) is 12.0. The SMILES string of the molecule is CCOc1ccc(CCCC(=O)NCc2cc(COC)n[nH]2)cc1C. The molecule has 1 heterocycles. The van der Waals surface area contributed by atoms with Gasteiger partial charge in [-0.2, -0.15) is 5.10 Å². The Kier molecular flexibility index (Phi) is 7.47. The zero-order chi connectivity index (χ0) is 18.1. The molecule has 1 amide bonds. The van der Waals surface area contributed by atoms with Crippen molar-refractivity contribution in [3.8, 4) is 5.75 Å². The van der Waals surface area contributed by atoms with Gasteiger partial charge in [0.15, 0.2) is 0 Å². The molecule has 0 radical (unpaired) electrons. The van der Waals surface area contributed by atoms with E-state index in [1.165, 1.54) is 5.56 Å². The molecule has 6 nitrogen and oxygen atoms in total. The number of aromatic nitrogens is 2. The number of nitrogens with one attached hydrogen (secondary N) is 2. The number of amides is 1. The van der Waals surface area contributed by atoms with E-state index in [0.717, 1.165) is 35.5 Å². The number of benzene rings is 1. The summed E-state index contributed by atoms with van der Waals surface area (Å²) in [6.07, 6.45) is 2.20. The number of nitrogens with zero attached hydrogens (tertiary/aromatic N) is 1. The minimum Gasteiger partial charge on any atom is -0.494 e. The van der Waals surface area contributed by atoms with Crippen LogP contribution in [0.4, 0.5) is 0 Å². The third-order valence-corrected chi connectivity index (χ3v) is 3.86. The molecule has 136 valence electrons. The molecule has 0 aliphatic heterocycles. The normalized spacial score (nSPS) is 10.7. The van der Waals surface area contributed by atoms with Crippen LogP contribution in [0.25, 0.3) is 0 Å². The first-order valence-corrected chi connectivity index (χ1v) is 8.63. The predicted molar refractivity (Wildman–Crippen MR) is 96.4 cm³/mol. The van der Waals surface area contributed by atoms with E-state index in [0.29, 0.717) is 26.2 Å². The Hall–Kier alpha value is -2.34. The van der Waals surface area contributed by atoms with Crippen molar-refractivity contribution in [3.63, 3.8) is 0 Å². The van der Waals surface area contributed by atoms with Gasteiger partial charge in [0, 0.05) is 13.5 Å². The van der Waals surface area contributed by atoms with E-state index in [2.05, 4.69) is 27.6 Å². The van der Waals surface area contributed by atoms with Crippen LogP contribution in [-0.4, -0.2) is 29.8 Å². The second-order valence-corrected chi connectivity index (χ2v) is 5.98. The molecular weight excluding hydrogens is 318 g/mol. The number of rotatable bonds is 10. The molecule has 1 aromatic carbocycles. The van der Waals surface area contributed by atoms with Gasteiger partial charge in [-0.05, 0) is 49.9 Å². The Morgan fingerprint density at radius 1 is 1.32 bits per heavy atom. The summed E-state index contributed by atoms with van der Waals surface area (Å²) in [5, 5.41) is 9.90. The van der Waals surface area contributed by atoms with Crippen molar-refractivity contribution >= 4 is 5.91 Å².